The number of aromatic nitrogens is 3. The molecule has 13 heavy (non-hydrogen) atoms. The Morgan fingerprint density at radius 2 is 2.00 bits per heavy atom. The minimum Gasteiger partial charge on any atom is -0.282 e. The van der Waals surface area contributed by atoms with Crippen LogP contribution in [0.2, 0.25) is 0 Å². The van der Waals surface area contributed by atoms with Gasteiger partial charge in [0.25, 0.3) is 0 Å². The Balaban J connectivity index is 0.000000396. The molecule has 0 saturated carbocycles. The lowest BCUT2D eigenvalue weighted by Crippen LogP contribution is -1.74. The highest BCUT2D eigenvalue weighted by molar-refractivity contribution is 9.10. The molecule has 0 aliphatic heterocycles. The standard InChI is InChI=1S/C7H6BrN3.C2H6/c1-4-5-2-9-3-6(8)7(5)11-10-4;1-2/h2-3H,1H3,(H,10,11);1-2H3. The molecule has 0 radical (unpaired) electrons. The van der Waals surface area contributed by atoms with E-state index in [0.717, 1.165) is 21.1 Å². The molecule has 0 spiro atoms. The van der Waals surface area contributed by atoms with Crippen molar-refractivity contribution < 1.29 is 0 Å². The molecule has 2 aromatic rings. The predicted molar refractivity (Wildman–Crippen MR) is 57.7 cm³/mol. The van der Waals surface area contributed by atoms with Crippen LogP contribution in [0.15, 0.2) is 16.9 Å². The highest BCUT2D eigenvalue weighted by Crippen LogP contribution is 2.21. The van der Waals surface area contributed by atoms with E-state index in [4.69, 9.17) is 0 Å². The van der Waals surface area contributed by atoms with Gasteiger partial charge in [-0.2, -0.15) is 5.10 Å². The van der Waals surface area contributed by atoms with E-state index in [-0.39, 0.29) is 0 Å². The third kappa shape index (κ3) is 1.88. The molecular weight excluding hydrogens is 230 g/mol. The van der Waals surface area contributed by atoms with Crippen LogP contribution in [0.25, 0.3) is 10.9 Å². The molecule has 3 nitrogen and oxygen atoms in total. The number of aryl methyl sites for hydroxylation is 1. The summed E-state index contributed by atoms with van der Waals surface area (Å²) in [6.45, 7) is 5.98. The SMILES string of the molecule is CC.Cc1[nH]nc2c(Br)cncc12. The number of pyridine rings is 1. The summed E-state index contributed by atoms with van der Waals surface area (Å²) in [7, 11) is 0. The highest BCUT2D eigenvalue weighted by Gasteiger charge is 2.03. The maximum absolute atomic E-state index is 4.11. The van der Waals surface area contributed by atoms with Crippen molar-refractivity contribution in [3.8, 4) is 0 Å². The van der Waals surface area contributed by atoms with Crippen molar-refractivity contribution in [3.05, 3.63) is 22.6 Å². The lowest BCUT2D eigenvalue weighted by molar-refractivity contribution is 1.07. The van der Waals surface area contributed by atoms with Gasteiger partial charge < -0.3 is 0 Å². The van der Waals surface area contributed by atoms with Gasteiger partial charge in [-0.1, -0.05) is 13.8 Å². The van der Waals surface area contributed by atoms with Crippen molar-refractivity contribution in [2.45, 2.75) is 20.8 Å². The van der Waals surface area contributed by atoms with Gasteiger partial charge in [-0.25, -0.2) is 0 Å². The molecule has 1 N–H and O–H groups in total. The lowest BCUT2D eigenvalue weighted by atomic mass is 10.3. The van der Waals surface area contributed by atoms with E-state index < -0.39 is 0 Å². The van der Waals surface area contributed by atoms with Crippen molar-refractivity contribution in [2.24, 2.45) is 0 Å². The summed E-state index contributed by atoms with van der Waals surface area (Å²) in [6.07, 6.45) is 3.54. The first kappa shape index (κ1) is 10.2. The van der Waals surface area contributed by atoms with E-state index in [9.17, 15) is 0 Å². The van der Waals surface area contributed by atoms with Crippen LogP contribution in [-0.2, 0) is 0 Å². The first-order chi connectivity index (χ1) is 6.29. The molecule has 70 valence electrons. The zero-order chi connectivity index (χ0) is 9.84. The Morgan fingerprint density at radius 3 is 2.62 bits per heavy atom. The van der Waals surface area contributed by atoms with E-state index in [1.165, 1.54) is 0 Å². The quantitative estimate of drug-likeness (QED) is 0.771. The maximum atomic E-state index is 4.11. The van der Waals surface area contributed by atoms with Crippen LogP contribution < -0.4 is 0 Å². The molecule has 0 atom stereocenters. The molecule has 0 aliphatic rings. The second kappa shape index (κ2) is 4.37. The van der Waals surface area contributed by atoms with Crippen molar-refractivity contribution in [1.29, 1.82) is 0 Å². The fraction of sp³-hybridized carbons (Fsp3) is 0.333. The van der Waals surface area contributed by atoms with Gasteiger partial charge in [0, 0.05) is 23.5 Å². The second-order valence-electron chi connectivity index (χ2n) is 2.37. The second-order valence-corrected chi connectivity index (χ2v) is 3.22. The van der Waals surface area contributed by atoms with Crippen LogP contribution in [0.4, 0.5) is 0 Å². The summed E-state index contributed by atoms with van der Waals surface area (Å²) in [5.41, 5.74) is 1.99. The summed E-state index contributed by atoms with van der Waals surface area (Å²) >= 11 is 3.37. The minimum absolute atomic E-state index is 0.930. The summed E-state index contributed by atoms with van der Waals surface area (Å²) in [6, 6.07) is 0. The van der Waals surface area contributed by atoms with Gasteiger partial charge in [-0.05, 0) is 22.9 Å². The van der Waals surface area contributed by atoms with Gasteiger partial charge in [0.05, 0.1) is 4.47 Å². The number of nitrogens with one attached hydrogen (secondary N) is 1. The number of rotatable bonds is 0. The van der Waals surface area contributed by atoms with Crippen molar-refractivity contribution in [2.75, 3.05) is 0 Å². The van der Waals surface area contributed by atoms with Crippen LogP contribution in [0, 0.1) is 6.92 Å². The predicted octanol–water partition coefficient (Wildman–Crippen LogP) is 3.06. The smallest absolute Gasteiger partial charge is 0.110 e. The molecule has 0 unspecified atom stereocenters. The molecule has 4 heteroatoms. The molecule has 2 aromatic heterocycles. The highest BCUT2D eigenvalue weighted by atomic mass is 79.9. The summed E-state index contributed by atoms with van der Waals surface area (Å²) < 4.78 is 0.930. The average molecular weight is 242 g/mol. The van der Waals surface area contributed by atoms with Gasteiger partial charge in [0.1, 0.15) is 5.52 Å². The monoisotopic (exact) mass is 241 g/mol. The van der Waals surface area contributed by atoms with Crippen molar-refractivity contribution >= 4 is 26.8 Å². The fourth-order valence-corrected chi connectivity index (χ4v) is 1.44. The van der Waals surface area contributed by atoms with Gasteiger partial charge in [0.2, 0.25) is 0 Å². The molecule has 0 amide bonds. The molecule has 0 aromatic carbocycles. The fourth-order valence-electron chi connectivity index (χ4n) is 1.02. The number of H-pyrrole nitrogens is 1. The number of aromatic amines is 1. The molecular formula is C9H12BrN3. The Bertz CT molecular complexity index is 395. The summed E-state index contributed by atoms with van der Waals surface area (Å²) in [4.78, 5) is 4.04. The zero-order valence-corrected chi connectivity index (χ0v) is 9.51. The molecule has 2 rings (SSSR count). The van der Waals surface area contributed by atoms with E-state index in [1.54, 1.807) is 12.4 Å². The molecule has 0 bridgehead atoms. The largest absolute Gasteiger partial charge is 0.282 e. The van der Waals surface area contributed by atoms with Crippen molar-refractivity contribution in [3.63, 3.8) is 0 Å². The Kier molecular flexibility index (Phi) is 3.42. The van der Waals surface area contributed by atoms with E-state index >= 15 is 0 Å². The third-order valence-corrected chi connectivity index (χ3v) is 2.19. The van der Waals surface area contributed by atoms with Crippen LogP contribution in [0.5, 0.6) is 0 Å². The summed E-state index contributed by atoms with van der Waals surface area (Å²) in [5, 5.41) is 8.07. The summed E-state index contributed by atoms with van der Waals surface area (Å²) in [5.74, 6) is 0. The number of nitrogens with zero attached hydrogens (tertiary/aromatic N) is 2. The topological polar surface area (TPSA) is 41.6 Å². The number of fused-ring (bicyclic) bond motifs is 1. The van der Waals surface area contributed by atoms with E-state index in [0.29, 0.717) is 0 Å². The molecule has 0 fully saturated rings. The van der Waals surface area contributed by atoms with Crippen LogP contribution in [0.1, 0.15) is 19.5 Å². The van der Waals surface area contributed by atoms with Crippen LogP contribution in [0.3, 0.4) is 0 Å². The lowest BCUT2D eigenvalue weighted by Gasteiger charge is -1.89. The zero-order valence-electron chi connectivity index (χ0n) is 7.93. The number of hydrogen-bond donors (Lipinski definition) is 1. The van der Waals surface area contributed by atoms with Crippen molar-refractivity contribution in [1.82, 2.24) is 15.2 Å². The first-order valence-electron chi connectivity index (χ1n) is 4.23. The van der Waals surface area contributed by atoms with Gasteiger partial charge in [-0.15, -0.1) is 0 Å². The molecule has 0 aliphatic carbocycles. The van der Waals surface area contributed by atoms with Gasteiger partial charge >= 0.3 is 0 Å². The van der Waals surface area contributed by atoms with E-state index in [2.05, 4.69) is 31.1 Å². The third-order valence-electron chi connectivity index (χ3n) is 1.61. The average Bonchev–Trinajstić information content (AvgIpc) is 2.53. The molecule has 2 heterocycles. The number of hydrogen-bond acceptors (Lipinski definition) is 2. The van der Waals surface area contributed by atoms with Gasteiger partial charge in [0.15, 0.2) is 0 Å². The first-order valence-corrected chi connectivity index (χ1v) is 5.02. The number of halogens is 1. The minimum atomic E-state index is 0.930. The van der Waals surface area contributed by atoms with E-state index in [1.807, 2.05) is 20.8 Å². The van der Waals surface area contributed by atoms with Gasteiger partial charge in [-0.3, -0.25) is 10.1 Å². The maximum Gasteiger partial charge on any atom is 0.110 e. The Hall–Kier alpha value is -0.900. The normalized spacial score (nSPS) is 9.54. The van der Waals surface area contributed by atoms with Crippen LogP contribution in [-0.4, -0.2) is 15.2 Å². The Morgan fingerprint density at radius 1 is 1.31 bits per heavy atom. The Labute approximate surface area is 85.7 Å². The van der Waals surface area contributed by atoms with Crippen LogP contribution >= 0.6 is 15.9 Å². The molecule has 0 saturated heterocycles.